The third-order valence-electron chi connectivity index (χ3n) is 3.52. The number of carboxylic acid groups (broad SMARTS) is 1. The van der Waals surface area contributed by atoms with Gasteiger partial charge < -0.3 is 10.8 Å². The van der Waals surface area contributed by atoms with Crippen LogP contribution in [-0.2, 0) is 0 Å². The first-order chi connectivity index (χ1) is 9.32. The number of rotatable bonds is 3. The van der Waals surface area contributed by atoms with Crippen molar-refractivity contribution in [3.63, 3.8) is 0 Å². The minimum Gasteiger partial charge on any atom is -0.477 e. The normalized spacial score (nSPS) is 11.1. The number of anilines is 1. The average Bonchev–Trinajstić information content (AvgIpc) is 2.70. The Balaban J connectivity index is 2.69. The Bertz CT molecular complexity index is 671. The molecule has 2 rings (SSSR count). The predicted octanol–water partition coefficient (Wildman–Crippen LogP) is 4.44. The molecular formula is C16H19NO2S. The second kappa shape index (κ2) is 5.29. The zero-order chi connectivity index (χ0) is 15.0. The maximum atomic E-state index is 11.3. The molecule has 3 nitrogen and oxygen atoms in total. The van der Waals surface area contributed by atoms with Crippen LogP contribution in [0.4, 0.5) is 5.69 Å². The molecule has 0 aliphatic heterocycles. The number of carbonyl (C=O) groups is 1. The lowest BCUT2D eigenvalue weighted by atomic mass is 9.96. The van der Waals surface area contributed by atoms with Crippen LogP contribution < -0.4 is 5.73 Å². The van der Waals surface area contributed by atoms with Crippen LogP contribution in [0.1, 0.15) is 46.1 Å². The van der Waals surface area contributed by atoms with Crippen LogP contribution in [0.5, 0.6) is 0 Å². The van der Waals surface area contributed by atoms with Crippen molar-refractivity contribution in [2.45, 2.75) is 33.6 Å². The highest BCUT2D eigenvalue weighted by Crippen LogP contribution is 2.42. The number of aryl methyl sites for hydroxylation is 2. The maximum absolute atomic E-state index is 11.3. The SMILES string of the molecule is Cc1ccc(-c2sc(C(=O)O)c(N)c2C(C)C)cc1C. The van der Waals surface area contributed by atoms with Crippen LogP contribution in [0.25, 0.3) is 10.4 Å². The quantitative estimate of drug-likeness (QED) is 0.878. The number of carboxylic acids is 1. The summed E-state index contributed by atoms with van der Waals surface area (Å²) in [6.45, 7) is 8.19. The van der Waals surface area contributed by atoms with Crippen LogP contribution >= 0.6 is 11.3 Å². The number of nitrogen functional groups attached to an aromatic ring is 1. The molecule has 2 aromatic rings. The number of hydrogen-bond donors (Lipinski definition) is 2. The summed E-state index contributed by atoms with van der Waals surface area (Å²) in [4.78, 5) is 12.5. The van der Waals surface area contributed by atoms with Gasteiger partial charge in [-0.1, -0.05) is 32.0 Å². The smallest absolute Gasteiger partial charge is 0.348 e. The first-order valence-electron chi connectivity index (χ1n) is 6.56. The molecule has 0 aliphatic rings. The number of nitrogens with two attached hydrogens (primary N) is 1. The maximum Gasteiger partial charge on any atom is 0.348 e. The fourth-order valence-corrected chi connectivity index (χ4v) is 3.50. The molecule has 0 bridgehead atoms. The molecule has 0 amide bonds. The Labute approximate surface area is 123 Å². The molecule has 0 saturated heterocycles. The first kappa shape index (κ1) is 14.6. The van der Waals surface area contributed by atoms with Crippen molar-refractivity contribution in [3.05, 3.63) is 39.8 Å². The molecule has 1 aromatic heterocycles. The largest absolute Gasteiger partial charge is 0.477 e. The van der Waals surface area contributed by atoms with Crippen LogP contribution in [0.15, 0.2) is 18.2 Å². The summed E-state index contributed by atoms with van der Waals surface area (Å²) in [6.07, 6.45) is 0. The Kier molecular flexibility index (Phi) is 3.86. The summed E-state index contributed by atoms with van der Waals surface area (Å²) in [7, 11) is 0. The van der Waals surface area contributed by atoms with Crippen molar-refractivity contribution in [2.24, 2.45) is 0 Å². The molecule has 3 N–H and O–H groups in total. The minimum absolute atomic E-state index is 0.191. The molecule has 0 saturated carbocycles. The predicted molar refractivity (Wildman–Crippen MR) is 84.7 cm³/mol. The molecule has 0 atom stereocenters. The van der Waals surface area contributed by atoms with Gasteiger partial charge in [-0.05, 0) is 42.0 Å². The number of aromatic carboxylic acids is 1. The minimum atomic E-state index is -0.954. The first-order valence-corrected chi connectivity index (χ1v) is 7.37. The van der Waals surface area contributed by atoms with Crippen molar-refractivity contribution in [3.8, 4) is 10.4 Å². The van der Waals surface area contributed by atoms with E-state index in [2.05, 4.69) is 26.0 Å². The standard InChI is InChI=1S/C16H19NO2S/c1-8(2)12-13(17)15(16(18)19)20-14(12)11-6-5-9(3)10(4)7-11/h5-8H,17H2,1-4H3,(H,18,19). The lowest BCUT2D eigenvalue weighted by Gasteiger charge is -2.10. The second-order valence-electron chi connectivity index (χ2n) is 5.35. The summed E-state index contributed by atoms with van der Waals surface area (Å²) in [5.41, 5.74) is 10.9. The Morgan fingerprint density at radius 2 is 1.90 bits per heavy atom. The van der Waals surface area contributed by atoms with Crippen LogP contribution in [0.3, 0.4) is 0 Å². The van der Waals surface area contributed by atoms with E-state index in [1.807, 2.05) is 19.9 Å². The Morgan fingerprint density at radius 3 is 2.40 bits per heavy atom. The van der Waals surface area contributed by atoms with E-state index in [9.17, 15) is 9.90 Å². The van der Waals surface area contributed by atoms with Gasteiger partial charge in [-0.2, -0.15) is 0 Å². The van der Waals surface area contributed by atoms with Crippen LogP contribution in [0, 0.1) is 13.8 Å². The molecule has 1 heterocycles. The van der Waals surface area contributed by atoms with Gasteiger partial charge in [-0.25, -0.2) is 4.79 Å². The highest BCUT2D eigenvalue weighted by molar-refractivity contribution is 7.18. The van der Waals surface area contributed by atoms with Crippen molar-refractivity contribution >= 4 is 23.0 Å². The molecule has 0 unspecified atom stereocenters. The van der Waals surface area contributed by atoms with Crippen molar-refractivity contribution in [1.29, 1.82) is 0 Å². The summed E-state index contributed by atoms with van der Waals surface area (Å²) in [5, 5.41) is 9.26. The molecule has 0 aliphatic carbocycles. The zero-order valence-electron chi connectivity index (χ0n) is 12.2. The van der Waals surface area contributed by atoms with Gasteiger partial charge in [0.25, 0.3) is 0 Å². The summed E-state index contributed by atoms with van der Waals surface area (Å²) in [6, 6.07) is 6.19. The van der Waals surface area contributed by atoms with Gasteiger partial charge in [0.05, 0.1) is 5.69 Å². The van der Waals surface area contributed by atoms with E-state index in [4.69, 9.17) is 5.73 Å². The third kappa shape index (κ3) is 2.43. The topological polar surface area (TPSA) is 63.3 Å². The van der Waals surface area contributed by atoms with E-state index >= 15 is 0 Å². The number of benzene rings is 1. The second-order valence-corrected chi connectivity index (χ2v) is 6.37. The molecule has 4 heteroatoms. The molecule has 1 aromatic carbocycles. The van der Waals surface area contributed by atoms with Gasteiger partial charge in [-0.15, -0.1) is 11.3 Å². The molecule has 0 radical (unpaired) electrons. The van der Waals surface area contributed by atoms with Gasteiger partial charge in [0.2, 0.25) is 0 Å². The fraction of sp³-hybridized carbons (Fsp3) is 0.312. The van der Waals surface area contributed by atoms with E-state index in [1.165, 1.54) is 22.5 Å². The highest BCUT2D eigenvalue weighted by atomic mass is 32.1. The Morgan fingerprint density at radius 1 is 1.25 bits per heavy atom. The van der Waals surface area contributed by atoms with Crippen molar-refractivity contribution in [2.75, 3.05) is 5.73 Å². The van der Waals surface area contributed by atoms with E-state index in [0.29, 0.717) is 5.69 Å². The zero-order valence-corrected chi connectivity index (χ0v) is 13.0. The summed E-state index contributed by atoms with van der Waals surface area (Å²) >= 11 is 1.27. The van der Waals surface area contributed by atoms with Crippen molar-refractivity contribution < 1.29 is 9.90 Å². The molecule has 0 spiro atoms. The van der Waals surface area contributed by atoms with E-state index in [-0.39, 0.29) is 10.8 Å². The third-order valence-corrected chi connectivity index (χ3v) is 4.78. The van der Waals surface area contributed by atoms with Gasteiger partial charge in [0, 0.05) is 4.88 Å². The van der Waals surface area contributed by atoms with E-state index in [0.717, 1.165) is 16.0 Å². The van der Waals surface area contributed by atoms with Crippen LogP contribution in [-0.4, -0.2) is 11.1 Å². The summed E-state index contributed by atoms with van der Waals surface area (Å²) < 4.78 is 0. The van der Waals surface area contributed by atoms with Gasteiger partial charge in [0.1, 0.15) is 4.88 Å². The number of thiophene rings is 1. The van der Waals surface area contributed by atoms with Crippen molar-refractivity contribution in [1.82, 2.24) is 0 Å². The Hall–Kier alpha value is -1.81. The van der Waals surface area contributed by atoms with Gasteiger partial charge >= 0.3 is 5.97 Å². The lowest BCUT2D eigenvalue weighted by molar-refractivity contribution is 0.0703. The summed E-state index contributed by atoms with van der Waals surface area (Å²) in [5.74, 6) is -0.763. The molecule has 20 heavy (non-hydrogen) atoms. The molecular weight excluding hydrogens is 270 g/mol. The van der Waals surface area contributed by atoms with Crippen LogP contribution in [0.2, 0.25) is 0 Å². The number of hydrogen-bond acceptors (Lipinski definition) is 3. The average molecular weight is 289 g/mol. The lowest BCUT2D eigenvalue weighted by Crippen LogP contribution is -2.00. The fourth-order valence-electron chi connectivity index (χ4n) is 2.29. The highest BCUT2D eigenvalue weighted by Gasteiger charge is 2.23. The molecule has 106 valence electrons. The monoisotopic (exact) mass is 289 g/mol. The molecule has 0 fully saturated rings. The van der Waals surface area contributed by atoms with Gasteiger partial charge in [-0.3, -0.25) is 0 Å². The van der Waals surface area contributed by atoms with Gasteiger partial charge in [0.15, 0.2) is 0 Å². The van der Waals surface area contributed by atoms with E-state index < -0.39 is 5.97 Å². The van der Waals surface area contributed by atoms with E-state index in [1.54, 1.807) is 0 Å².